The normalized spacial score (nSPS) is 10.5. The number of ketones is 1. The molecule has 0 unspecified atom stereocenters. The van der Waals surface area contributed by atoms with Gasteiger partial charge in [0.25, 0.3) is 0 Å². The molecule has 0 spiro atoms. The number of rotatable bonds is 6. The first kappa shape index (κ1) is 16.8. The molecule has 0 aliphatic carbocycles. The molecule has 0 fully saturated rings. The second kappa shape index (κ2) is 7.67. The summed E-state index contributed by atoms with van der Waals surface area (Å²) >= 11 is 0. The van der Waals surface area contributed by atoms with E-state index in [-0.39, 0.29) is 5.78 Å². The summed E-state index contributed by atoms with van der Waals surface area (Å²) in [6.45, 7) is 4.06. The lowest BCUT2D eigenvalue weighted by Crippen LogP contribution is -2.37. The van der Waals surface area contributed by atoms with Gasteiger partial charge in [-0.1, -0.05) is 66.7 Å². The van der Waals surface area contributed by atoms with E-state index in [0.717, 1.165) is 22.5 Å². The molecule has 3 heteroatoms. The minimum absolute atomic E-state index is 0.00658. The van der Waals surface area contributed by atoms with Crippen molar-refractivity contribution >= 4 is 17.2 Å². The van der Waals surface area contributed by atoms with Gasteiger partial charge in [0.1, 0.15) is 0 Å². The van der Waals surface area contributed by atoms with Crippen LogP contribution >= 0.6 is 0 Å². The highest BCUT2D eigenvalue weighted by atomic mass is 16.1. The molecule has 0 aromatic heterocycles. The molecule has 25 heavy (non-hydrogen) atoms. The molecule has 3 nitrogen and oxygen atoms in total. The lowest BCUT2D eigenvalue weighted by atomic mass is 10.1. The predicted molar refractivity (Wildman–Crippen MR) is 104 cm³/mol. The van der Waals surface area contributed by atoms with E-state index in [1.165, 1.54) is 0 Å². The molecule has 3 rings (SSSR count). The average Bonchev–Trinajstić information content (AvgIpc) is 2.65. The van der Waals surface area contributed by atoms with Crippen molar-refractivity contribution in [2.75, 3.05) is 10.6 Å². The van der Waals surface area contributed by atoms with Gasteiger partial charge < -0.3 is 10.6 Å². The van der Waals surface area contributed by atoms with Crippen LogP contribution in [-0.2, 0) is 0 Å². The Hall–Kier alpha value is -3.07. The molecule has 3 aromatic rings. The van der Waals surface area contributed by atoms with Crippen molar-refractivity contribution in [3.63, 3.8) is 0 Å². The Balaban J connectivity index is 1.92. The molecule has 0 aliphatic rings. The van der Waals surface area contributed by atoms with Crippen molar-refractivity contribution in [1.29, 1.82) is 0 Å². The molecule has 0 heterocycles. The molecule has 3 aromatic carbocycles. The monoisotopic (exact) mass is 330 g/mol. The molecular formula is C22H22N2O. The van der Waals surface area contributed by atoms with Crippen LogP contribution in [0.5, 0.6) is 0 Å². The van der Waals surface area contributed by atoms with E-state index >= 15 is 0 Å². The van der Waals surface area contributed by atoms with Gasteiger partial charge in [-0.15, -0.1) is 0 Å². The Kier molecular flexibility index (Phi) is 5.14. The van der Waals surface area contributed by atoms with Gasteiger partial charge in [0.15, 0.2) is 6.17 Å². The zero-order valence-electron chi connectivity index (χ0n) is 14.5. The fourth-order valence-electron chi connectivity index (χ4n) is 2.72. The third kappa shape index (κ3) is 4.07. The second-order valence-electron chi connectivity index (χ2n) is 6.08. The van der Waals surface area contributed by atoms with Gasteiger partial charge in [0, 0.05) is 16.9 Å². The van der Waals surface area contributed by atoms with Crippen LogP contribution in [0.25, 0.3) is 0 Å². The summed E-state index contributed by atoms with van der Waals surface area (Å²) in [7, 11) is 0. The van der Waals surface area contributed by atoms with E-state index in [1.54, 1.807) is 0 Å². The number of carbonyl (C=O) groups is 1. The third-order valence-electron chi connectivity index (χ3n) is 4.21. The SMILES string of the molecule is Cc1ccccc1NC(Nc1ccccc1C)C(=O)c1ccccc1. The van der Waals surface area contributed by atoms with Gasteiger partial charge in [0.05, 0.1) is 0 Å². The average molecular weight is 330 g/mol. The number of nitrogens with one attached hydrogen (secondary N) is 2. The van der Waals surface area contributed by atoms with Crippen molar-refractivity contribution in [3.05, 3.63) is 95.6 Å². The van der Waals surface area contributed by atoms with Crippen LogP contribution in [0.3, 0.4) is 0 Å². The molecule has 0 atom stereocenters. The second-order valence-corrected chi connectivity index (χ2v) is 6.08. The maximum atomic E-state index is 13.1. The minimum atomic E-state index is -0.551. The van der Waals surface area contributed by atoms with Gasteiger partial charge in [-0.25, -0.2) is 0 Å². The lowest BCUT2D eigenvalue weighted by Gasteiger charge is -2.23. The molecule has 126 valence electrons. The van der Waals surface area contributed by atoms with E-state index in [0.29, 0.717) is 5.56 Å². The van der Waals surface area contributed by atoms with Crippen LogP contribution in [0.4, 0.5) is 11.4 Å². The van der Waals surface area contributed by atoms with Gasteiger partial charge in [-0.2, -0.15) is 0 Å². The summed E-state index contributed by atoms with van der Waals surface area (Å²) in [4.78, 5) is 13.1. The standard InChI is InChI=1S/C22H22N2O/c1-16-10-6-8-14-19(16)23-22(21(25)18-12-4-3-5-13-18)24-20-15-9-7-11-17(20)2/h3-15,22-24H,1-2H3. The summed E-state index contributed by atoms with van der Waals surface area (Å²) < 4.78 is 0. The minimum Gasteiger partial charge on any atom is -0.359 e. The topological polar surface area (TPSA) is 41.1 Å². The van der Waals surface area contributed by atoms with E-state index < -0.39 is 6.17 Å². The Bertz CT molecular complexity index is 811. The number of para-hydroxylation sites is 2. The highest BCUT2D eigenvalue weighted by Gasteiger charge is 2.20. The van der Waals surface area contributed by atoms with Crippen molar-refractivity contribution in [1.82, 2.24) is 0 Å². The summed E-state index contributed by atoms with van der Waals surface area (Å²) in [6.07, 6.45) is -0.551. The fourth-order valence-corrected chi connectivity index (χ4v) is 2.72. The molecule has 2 N–H and O–H groups in total. The molecule has 0 bridgehead atoms. The van der Waals surface area contributed by atoms with E-state index in [4.69, 9.17) is 0 Å². The Labute approximate surface area is 148 Å². The van der Waals surface area contributed by atoms with Gasteiger partial charge >= 0.3 is 0 Å². The summed E-state index contributed by atoms with van der Waals surface area (Å²) in [6, 6.07) is 25.3. The first-order chi connectivity index (χ1) is 12.1. The predicted octanol–water partition coefficient (Wildman–Crippen LogP) is 5.04. The smallest absolute Gasteiger partial charge is 0.205 e. The van der Waals surface area contributed by atoms with Crippen molar-refractivity contribution in [2.24, 2.45) is 0 Å². The number of carbonyl (C=O) groups excluding carboxylic acids is 1. The highest BCUT2D eigenvalue weighted by molar-refractivity contribution is 6.03. The highest BCUT2D eigenvalue weighted by Crippen LogP contribution is 2.20. The van der Waals surface area contributed by atoms with Crippen LogP contribution in [0.1, 0.15) is 21.5 Å². The zero-order chi connectivity index (χ0) is 17.6. The molecule has 0 amide bonds. The fraction of sp³-hybridized carbons (Fsp3) is 0.136. The summed E-state index contributed by atoms with van der Waals surface area (Å²) in [5.41, 5.74) is 4.75. The van der Waals surface area contributed by atoms with E-state index in [2.05, 4.69) is 10.6 Å². The Morgan fingerprint density at radius 2 is 1.12 bits per heavy atom. The van der Waals surface area contributed by atoms with Gasteiger partial charge in [0.2, 0.25) is 5.78 Å². The largest absolute Gasteiger partial charge is 0.359 e. The van der Waals surface area contributed by atoms with Crippen LogP contribution in [-0.4, -0.2) is 11.9 Å². The Morgan fingerprint density at radius 3 is 1.60 bits per heavy atom. The number of anilines is 2. The van der Waals surface area contributed by atoms with Crippen LogP contribution in [0.15, 0.2) is 78.9 Å². The quantitative estimate of drug-likeness (QED) is 0.491. The number of aryl methyl sites for hydroxylation is 2. The molecular weight excluding hydrogens is 308 g/mol. The summed E-state index contributed by atoms with van der Waals surface area (Å²) in [5.74, 6) is 0.00658. The Morgan fingerprint density at radius 1 is 0.680 bits per heavy atom. The van der Waals surface area contributed by atoms with Crippen LogP contribution in [0.2, 0.25) is 0 Å². The third-order valence-corrected chi connectivity index (χ3v) is 4.21. The molecule has 0 saturated heterocycles. The molecule has 0 aliphatic heterocycles. The number of Topliss-reactive ketones (excluding diaryl/α,β-unsaturated/α-hetero) is 1. The lowest BCUT2D eigenvalue weighted by molar-refractivity contribution is 0.0978. The van der Waals surface area contributed by atoms with Gasteiger partial charge in [-0.05, 0) is 37.1 Å². The summed E-state index contributed by atoms with van der Waals surface area (Å²) in [5, 5.41) is 6.72. The first-order valence-corrected chi connectivity index (χ1v) is 8.39. The van der Waals surface area contributed by atoms with E-state index in [9.17, 15) is 4.79 Å². The number of benzene rings is 3. The van der Waals surface area contributed by atoms with Crippen LogP contribution < -0.4 is 10.6 Å². The first-order valence-electron chi connectivity index (χ1n) is 8.39. The maximum absolute atomic E-state index is 13.1. The number of hydrogen-bond donors (Lipinski definition) is 2. The zero-order valence-corrected chi connectivity index (χ0v) is 14.5. The molecule has 0 radical (unpaired) electrons. The maximum Gasteiger partial charge on any atom is 0.205 e. The van der Waals surface area contributed by atoms with Crippen molar-refractivity contribution in [3.8, 4) is 0 Å². The van der Waals surface area contributed by atoms with Gasteiger partial charge in [-0.3, -0.25) is 4.79 Å². The van der Waals surface area contributed by atoms with E-state index in [1.807, 2.05) is 92.7 Å². The number of hydrogen-bond acceptors (Lipinski definition) is 3. The van der Waals surface area contributed by atoms with Crippen molar-refractivity contribution in [2.45, 2.75) is 20.0 Å². The van der Waals surface area contributed by atoms with Crippen molar-refractivity contribution < 1.29 is 4.79 Å². The molecule has 0 saturated carbocycles. The van der Waals surface area contributed by atoms with Crippen LogP contribution in [0, 0.1) is 13.8 Å².